The van der Waals surface area contributed by atoms with E-state index in [0.717, 1.165) is 16.3 Å². The average Bonchev–Trinajstić information content (AvgIpc) is 2.72. The van der Waals surface area contributed by atoms with Crippen LogP contribution in [0.2, 0.25) is 0 Å². The second kappa shape index (κ2) is 9.30. The van der Waals surface area contributed by atoms with Crippen molar-refractivity contribution < 1.29 is 14.0 Å². The lowest BCUT2D eigenvalue weighted by molar-refractivity contribution is -0.128. The number of hydrogen-bond acceptors (Lipinski definition) is 3. The van der Waals surface area contributed by atoms with Crippen LogP contribution in [0.4, 0.5) is 4.39 Å². The van der Waals surface area contributed by atoms with E-state index in [1.54, 1.807) is 19.2 Å². The molecule has 0 aliphatic heterocycles. The van der Waals surface area contributed by atoms with E-state index >= 15 is 0 Å². The molecule has 0 saturated heterocycles. The molecule has 6 heteroatoms. The Morgan fingerprint density at radius 1 is 0.897 bits per heavy atom. The van der Waals surface area contributed by atoms with E-state index in [0.29, 0.717) is 12.0 Å². The minimum absolute atomic E-state index is 0.202. The van der Waals surface area contributed by atoms with Crippen molar-refractivity contribution in [2.45, 2.75) is 24.9 Å². The van der Waals surface area contributed by atoms with Gasteiger partial charge < -0.3 is 16.4 Å². The van der Waals surface area contributed by atoms with Gasteiger partial charge in [-0.1, -0.05) is 54.6 Å². The fraction of sp³-hybridized carbons (Fsp3) is 0.217. The Balaban J connectivity index is 1.69. The lowest BCUT2D eigenvalue weighted by Crippen LogP contribution is -2.52. The molecule has 3 aromatic carbocycles. The lowest BCUT2D eigenvalue weighted by atomic mass is 10.0. The normalized spacial score (nSPS) is 13.0. The molecule has 5 nitrogen and oxygen atoms in total. The summed E-state index contributed by atoms with van der Waals surface area (Å²) >= 11 is 0. The zero-order valence-corrected chi connectivity index (χ0v) is 16.2. The van der Waals surface area contributed by atoms with Crippen molar-refractivity contribution in [3.63, 3.8) is 0 Å². The van der Waals surface area contributed by atoms with Gasteiger partial charge in [0.25, 0.3) is 0 Å². The van der Waals surface area contributed by atoms with Gasteiger partial charge in [0.05, 0.1) is 6.04 Å². The standard InChI is InChI=1S/C23H24FN3O2/c1-26-21(14-16-6-9-17-4-2-3-5-18(17)12-16)23(29)27-20(22(25)28)13-15-7-10-19(24)11-8-15/h2-12,20-21,26H,13-14H2,1H3,(H2,25,28)(H,27,29)/t20-,21-/m1/s1. The Kier molecular flexibility index (Phi) is 6.57. The van der Waals surface area contributed by atoms with Gasteiger partial charge in [-0.3, -0.25) is 9.59 Å². The maximum Gasteiger partial charge on any atom is 0.240 e. The molecular weight excluding hydrogens is 369 g/mol. The molecule has 3 aromatic rings. The Bertz CT molecular complexity index is 1000. The van der Waals surface area contributed by atoms with Crippen molar-refractivity contribution in [3.05, 3.63) is 83.7 Å². The largest absolute Gasteiger partial charge is 0.368 e. The molecule has 0 aliphatic rings. The van der Waals surface area contributed by atoms with Gasteiger partial charge in [0, 0.05) is 6.42 Å². The SMILES string of the molecule is CN[C@H](Cc1ccc2ccccc2c1)C(=O)N[C@H](Cc1ccc(F)cc1)C(N)=O. The van der Waals surface area contributed by atoms with Crippen LogP contribution in [0, 0.1) is 5.82 Å². The maximum absolute atomic E-state index is 13.1. The topological polar surface area (TPSA) is 84.2 Å². The molecule has 0 radical (unpaired) electrons. The van der Waals surface area contributed by atoms with Gasteiger partial charge in [0.1, 0.15) is 11.9 Å². The first kappa shape index (κ1) is 20.5. The molecule has 150 valence electrons. The van der Waals surface area contributed by atoms with Crippen molar-refractivity contribution >= 4 is 22.6 Å². The Labute approximate surface area is 169 Å². The number of amides is 2. The molecule has 0 unspecified atom stereocenters. The number of benzene rings is 3. The van der Waals surface area contributed by atoms with Crippen LogP contribution in [-0.2, 0) is 22.4 Å². The number of nitrogens with one attached hydrogen (secondary N) is 2. The van der Waals surface area contributed by atoms with Crippen LogP contribution in [-0.4, -0.2) is 30.9 Å². The smallest absolute Gasteiger partial charge is 0.240 e. The van der Waals surface area contributed by atoms with Crippen LogP contribution < -0.4 is 16.4 Å². The fourth-order valence-corrected chi connectivity index (χ4v) is 3.28. The predicted octanol–water partition coefficient (Wildman–Crippen LogP) is 2.32. The third-order valence-electron chi connectivity index (χ3n) is 4.93. The summed E-state index contributed by atoms with van der Waals surface area (Å²) < 4.78 is 13.1. The summed E-state index contributed by atoms with van der Waals surface area (Å²) in [5, 5.41) is 7.96. The van der Waals surface area contributed by atoms with Gasteiger partial charge in [-0.05, 0) is 47.5 Å². The molecular formula is C23H24FN3O2. The molecule has 0 saturated carbocycles. The zero-order valence-electron chi connectivity index (χ0n) is 16.2. The van der Waals surface area contributed by atoms with Crippen LogP contribution in [0.3, 0.4) is 0 Å². The molecule has 0 aromatic heterocycles. The van der Waals surface area contributed by atoms with E-state index in [9.17, 15) is 14.0 Å². The van der Waals surface area contributed by atoms with E-state index in [1.165, 1.54) is 12.1 Å². The van der Waals surface area contributed by atoms with Gasteiger partial charge in [-0.15, -0.1) is 0 Å². The molecule has 2 amide bonds. The van der Waals surface area contributed by atoms with Gasteiger partial charge in [0.15, 0.2) is 0 Å². The maximum atomic E-state index is 13.1. The molecule has 0 spiro atoms. The molecule has 0 fully saturated rings. The summed E-state index contributed by atoms with van der Waals surface area (Å²) in [6.45, 7) is 0. The highest BCUT2D eigenvalue weighted by atomic mass is 19.1. The molecule has 0 aliphatic carbocycles. The number of halogens is 1. The molecule has 0 heterocycles. The highest BCUT2D eigenvalue weighted by Gasteiger charge is 2.24. The highest BCUT2D eigenvalue weighted by molar-refractivity contribution is 5.89. The van der Waals surface area contributed by atoms with E-state index in [2.05, 4.69) is 16.7 Å². The van der Waals surface area contributed by atoms with E-state index in [-0.39, 0.29) is 18.1 Å². The molecule has 4 N–H and O–H groups in total. The average molecular weight is 393 g/mol. The first-order valence-electron chi connectivity index (χ1n) is 9.45. The number of fused-ring (bicyclic) bond motifs is 1. The Morgan fingerprint density at radius 3 is 2.17 bits per heavy atom. The number of hydrogen-bond donors (Lipinski definition) is 3. The summed E-state index contributed by atoms with van der Waals surface area (Å²) in [6.07, 6.45) is 0.670. The van der Waals surface area contributed by atoms with Crippen LogP contribution in [0.25, 0.3) is 10.8 Å². The number of likely N-dealkylation sites (N-methyl/N-ethyl adjacent to an activating group) is 1. The highest BCUT2D eigenvalue weighted by Crippen LogP contribution is 2.17. The third kappa shape index (κ3) is 5.39. The predicted molar refractivity (Wildman–Crippen MR) is 112 cm³/mol. The van der Waals surface area contributed by atoms with Gasteiger partial charge in [0.2, 0.25) is 11.8 Å². The first-order chi connectivity index (χ1) is 14.0. The van der Waals surface area contributed by atoms with Gasteiger partial charge in [-0.25, -0.2) is 4.39 Å². The molecule has 2 atom stereocenters. The monoisotopic (exact) mass is 393 g/mol. The minimum Gasteiger partial charge on any atom is -0.368 e. The lowest BCUT2D eigenvalue weighted by Gasteiger charge is -2.21. The second-order valence-corrected chi connectivity index (χ2v) is 7.02. The number of primary amides is 1. The summed E-state index contributed by atoms with van der Waals surface area (Å²) in [6, 6.07) is 18.5. The number of nitrogens with two attached hydrogens (primary N) is 1. The van der Waals surface area contributed by atoms with E-state index in [4.69, 9.17) is 5.73 Å². The van der Waals surface area contributed by atoms with Crippen molar-refractivity contribution in [3.8, 4) is 0 Å². The van der Waals surface area contributed by atoms with Gasteiger partial charge >= 0.3 is 0 Å². The minimum atomic E-state index is -0.875. The van der Waals surface area contributed by atoms with Crippen LogP contribution in [0.1, 0.15) is 11.1 Å². The number of carbonyl (C=O) groups excluding carboxylic acids is 2. The third-order valence-corrected chi connectivity index (χ3v) is 4.93. The van der Waals surface area contributed by atoms with Crippen LogP contribution in [0.15, 0.2) is 66.7 Å². The van der Waals surface area contributed by atoms with Crippen molar-refractivity contribution in [2.75, 3.05) is 7.05 Å². The fourth-order valence-electron chi connectivity index (χ4n) is 3.28. The summed E-state index contributed by atoms with van der Waals surface area (Å²) in [5.41, 5.74) is 7.19. The van der Waals surface area contributed by atoms with Crippen molar-refractivity contribution in [1.82, 2.24) is 10.6 Å². The Morgan fingerprint density at radius 2 is 1.52 bits per heavy atom. The second-order valence-electron chi connectivity index (χ2n) is 7.02. The Hall–Kier alpha value is -3.25. The summed E-state index contributed by atoms with van der Waals surface area (Å²) in [5.74, 6) is -1.31. The quantitative estimate of drug-likeness (QED) is 0.549. The van der Waals surface area contributed by atoms with Crippen molar-refractivity contribution in [2.24, 2.45) is 5.73 Å². The molecule has 29 heavy (non-hydrogen) atoms. The number of carbonyl (C=O) groups is 2. The summed E-state index contributed by atoms with van der Waals surface area (Å²) in [7, 11) is 1.70. The zero-order chi connectivity index (χ0) is 20.8. The van der Waals surface area contributed by atoms with Crippen LogP contribution in [0.5, 0.6) is 0 Å². The van der Waals surface area contributed by atoms with Gasteiger partial charge in [-0.2, -0.15) is 0 Å². The van der Waals surface area contributed by atoms with Crippen LogP contribution >= 0.6 is 0 Å². The number of rotatable bonds is 8. The van der Waals surface area contributed by atoms with Crippen molar-refractivity contribution in [1.29, 1.82) is 0 Å². The van der Waals surface area contributed by atoms with E-state index in [1.807, 2.05) is 36.4 Å². The van der Waals surface area contributed by atoms with E-state index < -0.39 is 18.0 Å². The first-order valence-corrected chi connectivity index (χ1v) is 9.45. The molecule has 0 bridgehead atoms. The summed E-state index contributed by atoms with van der Waals surface area (Å²) in [4.78, 5) is 24.6. The molecule has 3 rings (SSSR count).